The largest absolute Gasteiger partial charge is 0.484 e. The summed E-state index contributed by atoms with van der Waals surface area (Å²) in [7, 11) is 0. The van der Waals surface area contributed by atoms with Crippen LogP contribution < -0.4 is 15.4 Å². The quantitative estimate of drug-likeness (QED) is 0.784. The van der Waals surface area contributed by atoms with Gasteiger partial charge in [-0.05, 0) is 25.1 Å². The van der Waals surface area contributed by atoms with Gasteiger partial charge in [-0.25, -0.2) is 8.78 Å². The Bertz CT molecular complexity index is 699. The number of hydrogen-bond acceptors (Lipinski definition) is 4. The van der Waals surface area contributed by atoms with Crippen LogP contribution in [-0.2, 0) is 4.79 Å². The normalized spacial score (nSPS) is 17.2. The van der Waals surface area contributed by atoms with E-state index in [9.17, 15) is 13.6 Å². The first-order valence-corrected chi connectivity index (χ1v) is 7.25. The molecule has 2 aromatic rings. The number of rotatable bonds is 5. The van der Waals surface area contributed by atoms with Gasteiger partial charge in [0, 0.05) is 18.5 Å². The van der Waals surface area contributed by atoms with E-state index >= 15 is 0 Å². The average Bonchev–Trinajstić information content (AvgIpc) is 3.19. The molecule has 0 saturated carbocycles. The van der Waals surface area contributed by atoms with Crippen LogP contribution in [0, 0.1) is 11.6 Å². The average molecular weight is 322 g/mol. The number of aromatic nitrogens is 2. The van der Waals surface area contributed by atoms with Gasteiger partial charge in [-0.3, -0.25) is 9.89 Å². The summed E-state index contributed by atoms with van der Waals surface area (Å²) in [5.41, 5.74) is 1.48. The fraction of sp³-hybridized carbons (Fsp3) is 0.333. The van der Waals surface area contributed by atoms with Gasteiger partial charge in [0.15, 0.2) is 18.2 Å². The molecule has 1 saturated heterocycles. The molecule has 8 heteroatoms. The van der Waals surface area contributed by atoms with Gasteiger partial charge >= 0.3 is 0 Å². The van der Waals surface area contributed by atoms with Crippen molar-refractivity contribution in [3.63, 3.8) is 0 Å². The number of hydrogen-bond donors (Lipinski definition) is 3. The minimum atomic E-state index is -1.02. The van der Waals surface area contributed by atoms with Crippen LogP contribution in [0.1, 0.15) is 18.0 Å². The zero-order valence-corrected chi connectivity index (χ0v) is 12.2. The Kier molecular flexibility index (Phi) is 4.52. The Hall–Kier alpha value is -2.48. The highest BCUT2D eigenvalue weighted by atomic mass is 19.2. The number of H-pyrrole nitrogens is 1. The Morgan fingerprint density at radius 1 is 1.39 bits per heavy atom. The molecule has 1 aromatic carbocycles. The van der Waals surface area contributed by atoms with Crippen LogP contribution in [-0.4, -0.2) is 35.8 Å². The lowest BCUT2D eigenvalue weighted by molar-refractivity contribution is -0.118. The molecule has 1 amide bonds. The van der Waals surface area contributed by atoms with Gasteiger partial charge in [0.2, 0.25) is 0 Å². The molecule has 0 bridgehead atoms. The second-order valence-corrected chi connectivity index (χ2v) is 5.30. The minimum absolute atomic E-state index is 0.0893. The first-order valence-electron chi connectivity index (χ1n) is 7.25. The molecule has 0 aliphatic carbocycles. The molecule has 3 rings (SSSR count). The van der Waals surface area contributed by atoms with Gasteiger partial charge in [0.25, 0.3) is 5.91 Å². The molecule has 1 aliphatic rings. The second-order valence-electron chi connectivity index (χ2n) is 5.30. The first-order chi connectivity index (χ1) is 11.1. The van der Waals surface area contributed by atoms with Crippen molar-refractivity contribution in [2.75, 3.05) is 25.0 Å². The number of benzene rings is 1. The third-order valence-corrected chi connectivity index (χ3v) is 3.67. The molecule has 1 fully saturated rings. The van der Waals surface area contributed by atoms with E-state index in [1.165, 1.54) is 6.07 Å². The number of carbonyl (C=O) groups is 1. The second kappa shape index (κ2) is 6.74. The number of nitrogens with zero attached hydrogens (tertiary/aromatic N) is 1. The maximum atomic E-state index is 13.1. The summed E-state index contributed by atoms with van der Waals surface area (Å²) >= 11 is 0. The van der Waals surface area contributed by atoms with Gasteiger partial charge in [-0.2, -0.15) is 5.10 Å². The first kappa shape index (κ1) is 15.4. The van der Waals surface area contributed by atoms with Gasteiger partial charge in [0.05, 0.1) is 17.6 Å². The van der Waals surface area contributed by atoms with Crippen LogP contribution in [0.5, 0.6) is 5.75 Å². The summed E-state index contributed by atoms with van der Waals surface area (Å²) in [6.45, 7) is 1.45. The molecule has 3 N–H and O–H groups in total. The molecule has 0 radical (unpaired) electrons. The highest BCUT2D eigenvalue weighted by molar-refractivity contribution is 5.92. The van der Waals surface area contributed by atoms with Crippen molar-refractivity contribution in [1.82, 2.24) is 15.5 Å². The zero-order valence-electron chi connectivity index (χ0n) is 12.2. The highest BCUT2D eigenvalue weighted by Crippen LogP contribution is 2.26. The lowest BCUT2D eigenvalue weighted by Gasteiger charge is -2.11. The number of anilines is 1. The summed E-state index contributed by atoms with van der Waals surface area (Å²) in [6.07, 6.45) is 2.51. The van der Waals surface area contributed by atoms with Gasteiger partial charge < -0.3 is 15.4 Å². The molecule has 1 unspecified atom stereocenters. The van der Waals surface area contributed by atoms with Crippen LogP contribution in [0.2, 0.25) is 0 Å². The Morgan fingerprint density at radius 3 is 3.00 bits per heavy atom. The van der Waals surface area contributed by atoms with Gasteiger partial charge in [-0.1, -0.05) is 0 Å². The van der Waals surface area contributed by atoms with Gasteiger partial charge in [0.1, 0.15) is 5.75 Å². The number of aromatic amines is 1. The van der Waals surface area contributed by atoms with E-state index in [-0.39, 0.29) is 18.3 Å². The van der Waals surface area contributed by atoms with Crippen LogP contribution in [0.25, 0.3) is 0 Å². The third kappa shape index (κ3) is 3.65. The summed E-state index contributed by atoms with van der Waals surface area (Å²) in [4.78, 5) is 11.9. The molecule has 6 nitrogen and oxygen atoms in total. The van der Waals surface area contributed by atoms with Gasteiger partial charge in [-0.15, -0.1) is 0 Å². The maximum Gasteiger partial charge on any atom is 0.262 e. The SMILES string of the molecule is O=C(COc1ccc(F)c(F)c1)Nc1cn[nH]c1C1CCNC1. The summed E-state index contributed by atoms with van der Waals surface area (Å²) < 4.78 is 31.0. The molecular weight excluding hydrogens is 306 g/mol. The van der Waals surface area contributed by atoms with Crippen molar-refractivity contribution in [2.45, 2.75) is 12.3 Å². The van der Waals surface area contributed by atoms with Crippen LogP contribution in [0.4, 0.5) is 14.5 Å². The molecule has 2 heterocycles. The molecule has 1 atom stereocenters. The summed E-state index contributed by atoms with van der Waals surface area (Å²) in [5, 5.41) is 12.8. The summed E-state index contributed by atoms with van der Waals surface area (Å²) in [6, 6.07) is 3.11. The van der Waals surface area contributed by atoms with Crippen molar-refractivity contribution >= 4 is 11.6 Å². The number of amides is 1. The number of ether oxygens (including phenoxy) is 1. The van der Waals surface area contributed by atoms with E-state index in [1.807, 2.05) is 0 Å². The molecule has 23 heavy (non-hydrogen) atoms. The van der Waals surface area contributed by atoms with E-state index in [0.717, 1.165) is 37.3 Å². The fourth-order valence-corrected chi connectivity index (χ4v) is 2.51. The predicted octanol–water partition coefficient (Wildman–Crippen LogP) is 1.78. The van der Waals surface area contributed by atoms with E-state index in [4.69, 9.17) is 4.74 Å². The number of nitrogens with one attached hydrogen (secondary N) is 3. The lowest BCUT2D eigenvalue weighted by Crippen LogP contribution is -2.21. The number of halogens is 2. The minimum Gasteiger partial charge on any atom is -0.484 e. The van der Waals surface area contributed by atoms with Crippen molar-refractivity contribution in [3.8, 4) is 5.75 Å². The lowest BCUT2D eigenvalue weighted by atomic mass is 10.0. The topological polar surface area (TPSA) is 79.0 Å². The van der Waals surface area contributed by atoms with E-state index in [1.54, 1.807) is 6.20 Å². The Labute approximate surface area is 131 Å². The molecular formula is C15H16F2N4O2. The monoisotopic (exact) mass is 322 g/mol. The van der Waals surface area contributed by atoms with E-state index < -0.39 is 17.5 Å². The van der Waals surface area contributed by atoms with E-state index in [2.05, 4.69) is 20.8 Å². The molecule has 1 aliphatic heterocycles. The van der Waals surface area contributed by atoms with Crippen LogP contribution >= 0.6 is 0 Å². The van der Waals surface area contributed by atoms with Crippen molar-refractivity contribution in [3.05, 3.63) is 41.7 Å². The Balaban J connectivity index is 1.57. The van der Waals surface area contributed by atoms with Crippen LogP contribution in [0.3, 0.4) is 0 Å². The van der Waals surface area contributed by atoms with Crippen molar-refractivity contribution in [2.24, 2.45) is 0 Å². The van der Waals surface area contributed by atoms with Crippen molar-refractivity contribution in [1.29, 1.82) is 0 Å². The van der Waals surface area contributed by atoms with E-state index in [0.29, 0.717) is 5.69 Å². The smallest absolute Gasteiger partial charge is 0.262 e. The fourth-order valence-electron chi connectivity index (χ4n) is 2.51. The summed E-state index contributed by atoms with van der Waals surface area (Å²) in [5.74, 6) is -2.02. The number of carbonyl (C=O) groups excluding carboxylic acids is 1. The Morgan fingerprint density at radius 2 is 2.26 bits per heavy atom. The molecule has 1 aromatic heterocycles. The third-order valence-electron chi connectivity index (χ3n) is 3.67. The molecule has 122 valence electrons. The molecule has 0 spiro atoms. The van der Waals surface area contributed by atoms with Crippen LogP contribution in [0.15, 0.2) is 24.4 Å². The highest BCUT2D eigenvalue weighted by Gasteiger charge is 2.22. The zero-order chi connectivity index (χ0) is 16.2. The predicted molar refractivity (Wildman–Crippen MR) is 79.3 cm³/mol. The maximum absolute atomic E-state index is 13.1. The van der Waals surface area contributed by atoms with Crippen molar-refractivity contribution < 1.29 is 18.3 Å². The standard InChI is InChI=1S/C15H16F2N4O2/c16-11-2-1-10(5-12(11)17)23-8-14(22)20-13-7-19-21-15(13)9-3-4-18-6-9/h1-2,5,7,9,18H,3-4,6,8H2,(H,19,21)(H,20,22).